The number of rotatable bonds is 7. The number of ether oxygens (including phenoxy) is 1. The Balaban J connectivity index is 2.42. The zero-order valence-electron chi connectivity index (χ0n) is 10.9. The van der Waals surface area contributed by atoms with Gasteiger partial charge in [0.25, 0.3) is 0 Å². The van der Waals surface area contributed by atoms with Crippen LogP contribution in [0.2, 0.25) is 0 Å². The maximum Gasteiger partial charge on any atom is 0.0615 e. The molecule has 0 saturated carbocycles. The van der Waals surface area contributed by atoms with Gasteiger partial charge in [-0.3, -0.25) is 0 Å². The number of halogens is 1. The van der Waals surface area contributed by atoms with Crippen LogP contribution in [-0.2, 0) is 11.2 Å². The second kappa shape index (κ2) is 7.85. The van der Waals surface area contributed by atoms with E-state index >= 15 is 0 Å². The van der Waals surface area contributed by atoms with E-state index in [0.717, 1.165) is 23.9 Å². The van der Waals surface area contributed by atoms with Gasteiger partial charge in [0.15, 0.2) is 0 Å². The molecule has 0 heterocycles. The molecule has 2 unspecified atom stereocenters. The first-order valence-corrected chi connectivity index (χ1v) is 6.94. The van der Waals surface area contributed by atoms with Gasteiger partial charge in [-0.2, -0.15) is 0 Å². The summed E-state index contributed by atoms with van der Waals surface area (Å²) in [6, 6.07) is 9.43. The second-order valence-corrected chi connectivity index (χ2v) is 5.37. The molecule has 17 heavy (non-hydrogen) atoms. The molecule has 0 aliphatic carbocycles. The molecule has 0 amide bonds. The van der Waals surface area contributed by atoms with Crippen LogP contribution in [0.3, 0.4) is 0 Å². The Kier molecular flexibility index (Phi) is 6.78. The summed E-state index contributed by atoms with van der Waals surface area (Å²) in [6.45, 7) is 5.19. The lowest BCUT2D eigenvalue weighted by Crippen LogP contribution is -2.40. The minimum atomic E-state index is 0.449. The van der Waals surface area contributed by atoms with E-state index in [1.54, 1.807) is 7.11 Å². The molecule has 2 atom stereocenters. The zero-order valence-corrected chi connectivity index (χ0v) is 12.5. The Morgan fingerprint density at radius 3 is 2.47 bits per heavy atom. The van der Waals surface area contributed by atoms with Crippen molar-refractivity contribution in [1.29, 1.82) is 0 Å². The van der Waals surface area contributed by atoms with Gasteiger partial charge in [-0.1, -0.05) is 35.0 Å². The van der Waals surface area contributed by atoms with E-state index in [0.29, 0.717) is 12.1 Å². The van der Waals surface area contributed by atoms with Crippen molar-refractivity contribution in [3.8, 4) is 0 Å². The predicted molar refractivity (Wildman–Crippen MR) is 76.4 cm³/mol. The molecule has 1 N–H and O–H groups in total. The fourth-order valence-corrected chi connectivity index (χ4v) is 2.18. The van der Waals surface area contributed by atoms with Crippen LogP contribution in [0.4, 0.5) is 0 Å². The summed E-state index contributed by atoms with van der Waals surface area (Å²) in [4.78, 5) is 0. The predicted octanol–water partition coefficient (Wildman–Crippen LogP) is 3.39. The average Bonchev–Trinajstić information content (AvgIpc) is 2.31. The van der Waals surface area contributed by atoms with Crippen molar-refractivity contribution in [1.82, 2.24) is 5.32 Å². The van der Waals surface area contributed by atoms with Crippen molar-refractivity contribution in [2.24, 2.45) is 0 Å². The van der Waals surface area contributed by atoms with E-state index in [1.165, 1.54) is 5.56 Å². The molecule has 0 aliphatic rings. The van der Waals surface area contributed by atoms with E-state index in [1.807, 2.05) is 0 Å². The molecule has 0 aliphatic heterocycles. The molecule has 1 aromatic carbocycles. The Morgan fingerprint density at radius 2 is 1.94 bits per heavy atom. The van der Waals surface area contributed by atoms with Gasteiger partial charge < -0.3 is 10.1 Å². The van der Waals surface area contributed by atoms with Crippen molar-refractivity contribution in [2.45, 2.75) is 38.8 Å². The van der Waals surface area contributed by atoms with Gasteiger partial charge in [0.2, 0.25) is 0 Å². The van der Waals surface area contributed by atoms with Crippen LogP contribution < -0.4 is 5.32 Å². The van der Waals surface area contributed by atoms with Crippen LogP contribution in [0.5, 0.6) is 0 Å². The smallest absolute Gasteiger partial charge is 0.0615 e. The van der Waals surface area contributed by atoms with Crippen molar-refractivity contribution >= 4 is 15.9 Å². The van der Waals surface area contributed by atoms with Crippen molar-refractivity contribution in [3.05, 3.63) is 34.3 Å². The summed E-state index contributed by atoms with van der Waals surface area (Å²) < 4.78 is 6.33. The van der Waals surface area contributed by atoms with Gasteiger partial charge in [-0.05, 0) is 37.5 Å². The summed E-state index contributed by atoms with van der Waals surface area (Å²) in [7, 11) is 1.75. The van der Waals surface area contributed by atoms with Crippen LogP contribution in [0.15, 0.2) is 28.7 Å². The highest BCUT2D eigenvalue weighted by molar-refractivity contribution is 9.10. The molecule has 0 saturated heterocycles. The summed E-state index contributed by atoms with van der Waals surface area (Å²) in [5.74, 6) is 0. The molecule has 2 nitrogen and oxygen atoms in total. The molecule has 0 spiro atoms. The van der Waals surface area contributed by atoms with E-state index in [-0.39, 0.29) is 0 Å². The molecular weight excluding hydrogens is 278 g/mol. The summed E-state index contributed by atoms with van der Waals surface area (Å²) >= 11 is 3.45. The standard InChI is InChI=1S/C14H22BrNO/c1-4-14(10-17-3)16-11(2)9-12-5-7-13(15)8-6-12/h5-8,11,14,16H,4,9-10H2,1-3H3. The number of methoxy groups -OCH3 is 1. The topological polar surface area (TPSA) is 21.3 Å². The van der Waals surface area contributed by atoms with Crippen molar-refractivity contribution in [2.75, 3.05) is 13.7 Å². The highest BCUT2D eigenvalue weighted by Crippen LogP contribution is 2.12. The minimum absolute atomic E-state index is 0.449. The van der Waals surface area contributed by atoms with Gasteiger partial charge in [-0.15, -0.1) is 0 Å². The summed E-state index contributed by atoms with van der Waals surface area (Å²) in [6.07, 6.45) is 2.14. The molecule has 0 fully saturated rings. The molecule has 3 heteroatoms. The van der Waals surface area contributed by atoms with Crippen LogP contribution in [0.25, 0.3) is 0 Å². The third-order valence-electron chi connectivity index (χ3n) is 2.84. The maximum absolute atomic E-state index is 5.19. The van der Waals surface area contributed by atoms with Gasteiger partial charge in [0, 0.05) is 23.7 Å². The van der Waals surface area contributed by atoms with Gasteiger partial charge in [0.1, 0.15) is 0 Å². The van der Waals surface area contributed by atoms with Gasteiger partial charge >= 0.3 is 0 Å². The molecule has 0 bridgehead atoms. The highest BCUT2D eigenvalue weighted by Gasteiger charge is 2.10. The summed E-state index contributed by atoms with van der Waals surface area (Å²) in [5.41, 5.74) is 1.36. The molecular formula is C14H22BrNO. The lowest BCUT2D eigenvalue weighted by Gasteiger charge is -2.21. The van der Waals surface area contributed by atoms with E-state index < -0.39 is 0 Å². The van der Waals surface area contributed by atoms with E-state index in [2.05, 4.69) is 59.4 Å². The third kappa shape index (κ3) is 5.66. The molecule has 1 aromatic rings. The first-order valence-electron chi connectivity index (χ1n) is 6.15. The molecule has 0 aromatic heterocycles. The van der Waals surface area contributed by atoms with Crippen LogP contribution >= 0.6 is 15.9 Å². The molecule has 1 rings (SSSR count). The highest BCUT2D eigenvalue weighted by atomic mass is 79.9. The SMILES string of the molecule is CCC(COC)NC(C)Cc1ccc(Br)cc1. The average molecular weight is 300 g/mol. The minimum Gasteiger partial charge on any atom is -0.383 e. The molecule has 96 valence electrons. The van der Waals surface area contributed by atoms with Gasteiger partial charge in [-0.25, -0.2) is 0 Å². The van der Waals surface area contributed by atoms with Gasteiger partial charge in [0.05, 0.1) is 6.61 Å². The lowest BCUT2D eigenvalue weighted by atomic mass is 10.1. The Bertz CT molecular complexity index is 313. The van der Waals surface area contributed by atoms with Crippen LogP contribution in [0.1, 0.15) is 25.8 Å². The second-order valence-electron chi connectivity index (χ2n) is 4.46. The Morgan fingerprint density at radius 1 is 1.29 bits per heavy atom. The summed E-state index contributed by atoms with van der Waals surface area (Å²) in [5, 5.41) is 3.59. The first kappa shape index (κ1) is 14.7. The fraction of sp³-hybridized carbons (Fsp3) is 0.571. The largest absolute Gasteiger partial charge is 0.383 e. The zero-order chi connectivity index (χ0) is 12.7. The van der Waals surface area contributed by atoms with Crippen LogP contribution in [-0.4, -0.2) is 25.8 Å². The van der Waals surface area contributed by atoms with Crippen molar-refractivity contribution in [3.63, 3.8) is 0 Å². The van der Waals surface area contributed by atoms with E-state index in [4.69, 9.17) is 4.74 Å². The lowest BCUT2D eigenvalue weighted by molar-refractivity contribution is 0.159. The quantitative estimate of drug-likeness (QED) is 0.833. The van der Waals surface area contributed by atoms with Crippen molar-refractivity contribution < 1.29 is 4.74 Å². The number of hydrogen-bond acceptors (Lipinski definition) is 2. The number of nitrogens with one attached hydrogen (secondary N) is 1. The molecule has 0 radical (unpaired) electrons. The fourth-order valence-electron chi connectivity index (χ4n) is 1.92. The Labute approximate surface area is 113 Å². The van der Waals surface area contributed by atoms with E-state index in [9.17, 15) is 0 Å². The normalized spacial score (nSPS) is 14.6. The third-order valence-corrected chi connectivity index (χ3v) is 3.36. The maximum atomic E-state index is 5.19. The van der Waals surface area contributed by atoms with Crippen LogP contribution in [0, 0.1) is 0 Å². The number of hydrogen-bond donors (Lipinski definition) is 1. The Hall–Kier alpha value is -0.380. The monoisotopic (exact) mass is 299 g/mol. The number of benzene rings is 1. The first-order chi connectivity index (χ1) is 8.15.